The van der Waals surface area contributed by atoms with Crippen molar-refractivity contribution in [3.8, 4) is 5.75 Å². The van der Waals surface area contributed by atoms with Crippen LogP contribution in [0, 0.1) is 0 Å². The third kappa shape index (κ3) is 5.24. The Balaban J connectivity index is 2.24. The predicted octanol–water partition coefficient (Wildman–Crippen LogP) is 1.48. The molecule has 1 amide bonds. The molecular weight excluding hydrogens is 378 g/mol. The van der Waals surface area contributed by atoms with Crippen LogP contribution in [-0.2, 0) is 17.8 Å². The van der Waals surface area contributed by atoms with Crippen LogP contribution in [0.25, 0.3) is 0 Å². The van der Waals surface area contributed by atoms with E-state index in [1.165, 1.54) is 0 Å². The summed E-state index contributed by atoms with van der Waals surface area (Å²) < 4.78 is 10.6. The van der Waals surface area contributed by atoms with Crippen LogP contribution in [0.5, 0.6) is 5.75 Å². The molecule has 2 aromatic rings. The Labute approximate surface area is 169 Å². The van der Waals surface area contributed by atoms with Crippen molar-refractivity contribution < 1.29 is 24.0 Å². The van der Waals surface area contributed by atoms with Crippen molar-refractivity contribution in [1.82, 2.24) is 5.32 Å². The molecule has 0 radical (unpaired) electrons. The van der Waals surface area contributed by atoms with Crippen LogP contribution >= 0.6 is 11.3 Å². The topological polar surface area (TPSA) is 95.1 Å². The molecule has 0 aliphatic carbocycles. The lowest BCUT2D eigenvalue weighted by molar-refractivity contribution is -0.907. The standard InChI is InChI=1S/C20H27N3O4S/c1-5-26-14-9-7-13(8-10-14)11-23(4)12-15-16(20(25)27-6-2)18(21)28-17(15)19(24)22-3/h7-10H,5-6,11-12,21H2,1-4H3,(H,22,24)/p+1. The number of ether oxygens (including phenoxy) is 2. The highest BCUT2D eigenvalue weighted by Gasteiger charge is 2.28. The van der Waals surface area contributed by atoms with Crippen LogP contribution < -0.4 is 20.7 Å². The SMILES string of the molecule is CCOC(=O)c1c(N)sc(C(=O)NC)c1C[NH+](C)Cc1ccc(OCC)cc1. The largest absolute Gasteiger partial charge is 0.494 e. The first-order valence-electron chi connectivity index (χ1n) is 9.24. The average molecular weight is 407 g/mol. The van der Waals surface area contributed by atoms with Gasteiger partial charge in [-0.1, -0.05) is 0 Å². The Morgan fingerprint density at radius 1 is 1.14 bits per heavy atom. The molecule has 1 heterocycles. The maximum atomic E-state index is 12.4. The van der Waals surface area contributed by atoms with Gasteiger partial charge in [-0.15, -0.1) is 11.3 Å². The molecule has 1 unspecified atom stereocenters. The Bertz CT molecular complexity index is 818. The summed E-state index contributed by atoms with van der Waals surface area (Å²) in [6.45, 7) is 5.75. The average Bonchev–Trinajstić information content (AvgIpc) is 2.99. The minimum absolute atomic E-state index is 0.248. The Morgan fingerprint density at radius 3 is 2.39 bits per heavy atom. The van der Waals surface area contributed by atoms with Gasteiger partial charge in [0.1, 0.15) is 34.3 Å². The van der Waals surface area contributed by atoms with Gasteiger partial charge in [-0.3, -0.25) is 4.79 Å². The number of anilines is 1. The number of carbonyl (C=O) groups excluding carboxylic acids is 2. The molecule has 0 aliphatic rings. The highest BCUT2D eigenvalue weighted by Crippen LogP contribution is 2.31. The first kappa shape index (κ1) is 21.7. The van der Waals surface area contributed by atoms with Gasteiger partial charge in [0.15, 0.2) is 0 Å². The van der Waals surface area contributed by atoms with E-state index >= 15 is 0 Å². The third-order valence-electron chi connectivity index (χ3n) is 4.17. The van der Waals surface area contributed by atoms with Crippen molar-refractivity contribution in [1.29, 1.82) is 0 Å². The Morgan fingerprint density at radius 2 is 1.82 bits per heavy atom. The van der Waals surface area contributed by atoms with E-state index in [-0.39, 0.29) is 12.5 Å². The van der Waals surface area contributed by atoms with Gasteiger partial charge in [-0.2, -0.15) is 0 Å². The van der Waals surface area contributed by atoms with Crippen LogP contribution in [0.4, 0.5) is 5.00 Å². The second-order valence-corrected chi connectivity index (χ2v) is 7.39. The summed E-state index contributed by atoms with van der Waals surface area (Å²) in [5.74, 6) is 0.0902. The van der Waals surface area contributed by atoms with E-state index in [1.54, 1.807) is 14.0 Å². The van der Waals surface area contributed by atoms with Crippen LogP contribution in [0.15, 0.2) is 24.3 Å². The summed E-state index contributed by atoms with van der Waals surface area (Å²) in [7, 11) is 3.56. The van der Waals surface area contributed by atoms with Crippen molar-refractivity contribution in [2.75, 3.05) is 33.0 Å². The fraction of sp³-hybridized carbons (Fsp3) is 0.400. The quantitative estimate of drug-likeness (QED) is 0.549. The van der Waals surface area contributed by atoms with E-state index in [1.807, 2.05) is 38.2 Å². The highest BCUT2D eigenvalue weighted by atomic mass is 32.1. The number of nitrogens with one attached hydrogen (secondary N) is 2. The number of nitrogens with two attached hydrogens (primary N) is 1. The molecular formula is C20H28N3O4S+. The minimum atomic E-state index is -0.490. The van der Waals surface area contributed by atoms with Gasteiger partial charge in [0.25, 0.3) is 5.91 Å². The number of benzene rings is 1. The summed E-state index contributed by atoms with van der Waals surface area (Å²) in [5.41, 5.74) is 8.11. The van der Waals surface area contributed by atoms with Gasteiger partial charge in [-0.05, 0) is 38.1 Å². The molecule has 1 aromatic carbocycles. The lowest BCUT2D eigenvalue weighted by Crippen LogP contribution is -3.06. The Kier molecular flexibility index (Phi) is 7.83. The van der Waals surface area contributed by atoms with Gasteiger partial charge in [-0.25, -0.2) is 4.79 Å². The number of amides is 1. The second kappa shape index (κ2) is 10.1. The number of nitrogen functional groups attached to an aromatic ring is 1. The number of carbonyl (C=O) groups is 2. The number of hydrogen-bond acceptors (Lipinski definition) is 6. The molecule has 0 spiro atoms. The Hall–Kier alpha value is -2.58. The molecule has 0 aliphatic heterocycles. The van der Waals surface area contributed by atoms with Crippen LogP contribution in [-0.4, -0.2) is 39.2 Å². The summed E-state index contributed by atoms with van der Waals surface area (Å²) in [5, 5.41) is 2.92. The molecule has 152 valence electrons. The van der Waals surface area contributed by atoms with E-state index < -0.39 is 5.97 Å². The van der Waals surface area contributed by atoms with E-state index in [0.29, 0.717) is 34.2 Å². The number of rotatable bonds is 9. The number of esters is 1. The number of hydrogen-bond donors (Lipinski definition) is 3. The molecule has 0 saturated carbocycles. The van der Waals surface area contributed by atoms with E-state index in [9.17, 15) is 9.59 Å². The minimum Gasteiger partial charge on any atom is -0.494 e. The number of quaternary nitrogens is 1. The molecule has 28 heavy (non-hydrogen) atoms. The van der Waals surface area contributed by atoms with Crippen LogP contribution in [0.1, 0.15) is 45.0 Å². The van der Waals surface area contributed by atoms with E-state index in [2.05, 4.69) is 5.32 Å². The zero-order valence-electron chi connectivity index (χ0n) is 16.8. The highest BCUT2D eigenvalue weighted by molar-refractivity contribution is 7.18. The van der Waals surface area contributed by atoms with Crippen molar-refractivity contribution in [3.05, 3.63) is 45.8 Å². The fourth-order valence-corrected chi connectivity index (χ4v) is 3.98. The van der Waals surface area contributed by atoms with Crippen molar-refractivity contribution in [2.45, 2.75) is 26.9 Å². The van der Waals surface area contributed by atoms with Crippen molar-refractivity contribution in [3.63, 3.8) is 0 Å². The molecule has 0 saturated heterocycles. The maximum Gasteiger partial charge on any atom is 0.341 e. The predicted molar refractivity (Wildman–Crippen MR) is 110 cm³/mol. The van der Waals surface area contributed by atoms with Gasteiger partial charge >= 0.3 is 5.97 Å². The maximum absolute atomic E-state index is 12.4. The zero-order chi connectivity index (χ0) is 20.7. The summed E-state index contributed by atoms with van der Waals surface area (Å²) in [6, 6.07) is 7.91. The lowest BCUT2D eigenvalue weighted by atomic mass is 10.1. The number of thiophene rings is 1. The molecule has 2 rings (SSSR count). The van der Waals surface area contributed by atoms with E-state index in [0.717, 1.165) is 34.1 Å². The molecule has 0 bridgehead atoms. The van der Waals surface area contributed by atoms with Gasteiger partial charge in [0.05, 0.1) is 20.3 Å². The van der Waals surface area contributed by atoms with Crippen molar-refractivity contribution >= 4 is 28.2 Å². The molecule has 0 fully saturated rings. The molecule has 1 aromatic heterocycles. The summed E-state index contributed by atoms with van der Waals surface area (Å²) in [4.78, 5) is 26.2. The van der Waals surface area contributed by atoms with Gasteiger partial charge in [0.2, 0.25) is 0 Å². The van der Waals surface area contributed by atoms with Crippen molar-refractivity contribution in [2.24, 2.45) is 0 Å². The van der Waals surface area contributed by atoms with Crippen LogP contribution in [0.2, 0.25) is 0 Å². The molecule has 1 atom stereocenters. The first-order valence-corrected chi connectivity index (χ1v) is 10.1. The summed E-state index contributed by atoms with van der Waals surface area (Å²) >= 11 is 1.12. The molecule has 4 N–H and O–H groups in total. The normalized spacial score (nSPS) is 11.7. The van der Waals surface area contributed by atoms with E-state index in [4.69, 9.17) is 15.2 Å². The van der Waals surface area contributed by atoms with Gasteiger partial charge < -0.3 is 25.4 Å². The summed E-state index contributed by atoms with van der Waals surface area (Å²) in [6.07, 6.45) is 0. The second-order valence-electron chi connectivity index (χ2n) is 6.34. The fourth-order valence-electron chi connectivity index (χ4n) is 2.96. The van der Waals surface area contributed by atoms with Gasteiger partial charge in [0, 0.05) is 18.2 Å². The molecule has 8 heteroatoms. The lowest BCUT2D eigenvalue weighted by Gasteiger charge is -2.16. The third-order valence-corrected chi connectivity index (χ3v) is 5.23. The van der Waals surface area contributed by atoms with Crippen LogP contribution in [0.3, 0.4) is 0 Å². The monoisotopic (exact) mass is 406 g/mol. The smallest absolute Gasteiger partial charge is 0.341 e. The first-order chi connectivity index (χ1) is 13.4. The molecule has 7 nitrogen and oxygen atoms in total. The zero-order valence-corrected chi connectivity index (χ0v) is 17.6.